The molecule has 0 saturated carbocycles. The van der Waals surface area contributed by atoms with Gasteiger partial charge in [-0.05, 0) is 39.3 Å². The number of nitro benzene ring substituents is 1. The number of benzene rings is 1. The number of nitrogens with one attached hydrogen (secondary N) is 1. The number of nitro groups is 1. The third-order valence-electron chi connectivity index (χ3n) is 2.42. The van der Waals surface area contributed by atoms with Crippen LogP contribution in [-0.4, -0.2) is 23.2 Å². The molecule has 0 spiro atoms. The Hall–Kier alpha value is -2.55. The summed E-state index contributed by atoms with van der Waals surface area (Å²) in [4.78, 5) is 21.7. The molecule has 0 atom stereocenters. The number of non-ortho nitro benzene ring substituents is 1. The molecule has 6 heteroatoms. The van der Waals surface area contributed by atoms with Crippen LogP contribution >= 0.6 is 0 Å². The molecule has 118 valence electrons. The zero-order chi connectivity index (χ0) is 16.8. The van der Waals surface area contributed by atoms with Crippen LogP contribution in [0.4, 0.5) is 10.5 Å². The Morgan fingerprint density at radius 1 is 1.36 bits per heavy atom. The highest BCUT2D eigenvalue weighted by Gasteiger charge is 2.15. The molecule has 6 nitrogen and oxygen atoms in total. The number of rotatable bonds is 3. The first-order valence-corrected chi connectivity index (χ1v) is 6.89. The van der Waals surface area contributed by atoms with Crippen LogP contribution in [-0.2, 0) is 4.74 Å². The fourth-order valence-electron chi connectivity index (χ4n) is 1.65. The van der Waals surface area contributed by atoms with E-state index in [0.29, 0.717) is 18.5 Å². The van der Waals surface area contributed by atoms with Crippen molar-refractivity contribution in [3.8, 4) is 11.8 Å². The first-order chi connectivity index (χ1) is 10.2. The number of carbonyl (C=O) groups is 1. The summed E-state index contributed by atoms with van der Waals surface area (Å²) >= 11 is 0. The van der Waals surface area contributed by atoms with Crippen molar-refractivity contribution >= 4 is 11.8 Å². The third-order valence-corrected chi connectivity index (χ3v) is 2.42. The smallest absolute Gasteiger partial charge is 0.407 e. The molecule has 1 amide bonds. The Kier molecular flexibility index (Phi) is 5.93. The number of alkyl carbamates (subject to hydrolysis) is 1. The standard InChI is InChI=1S/C16H20N2O4/c1-12-9-13(11-14(10-12)18(20)21)7-5-6-8-17-15(19)22-16(2,3)4/h9-11H,6,8H2,1-4H3,(H,17,19). The molecule has 1 N–H and O–H groups in total. The number of hydrogen-bond acceptors (Lipinski definition) is 4. The van der Waals surface area contributed by atoms with Gasteiger partial charge in [-0.15, -0.1) is 0 Å². The Balaban J connectivity index is 2.52. The minimum absolute atomic E-state index is 0.0242. The summed E-state index contributed by atoms with van der Waals surface area (Å²) in [5.41, 5.74) is 0.863. The van der Waals surface area contributed by atoms with E-state index < -0.39 is 16.6 Å². The highest BCUT2D eigenvalue weighted by Crippen LogP contribution is 2.15. The van der Waals surface area contributed by atoms with Crippen LogP contribution in [0.15, 0.2) is 18.2 Å². The number of amides is 1. The predicted molar refractivity (Wildman–Crippen MR) is 83.6 cm³/mol. The molecule has 0 aliphatic carbocycles. The molecule has 0 unspecified atom stereocenters. The average molecular weight is 304 g/mol. The summed E-state index contributed by atoms with van der Waals surface area (Å²) < 4.78 is 5.09. The van der Waals surface area contributed by atoms with Gasteiger partial charge in [0.25, 0.3) is 5.69 Å². The molecule has 0 heterocycles. The Morgan fingerprint density at radius 3 is 2.64 bits per heavy atom. The first kappa shape index (κ1) is 17.5. The average Bonchev–Trinajstić information content (AvgIpc) is 2.35. The van der Waals surface area contributed by atoms with Crippen LogP contribution in [0.2, 0.25) is 0 Å². The molecule has 0 fully saturated rings. The molecule has 0 aromatic heterocycles. The van der Waals surface area contributed by atoms with Crippen LogP contribution in [0.3, 0.4) is 0 Å². The molecule has 1 rings (SSSR count). The van der Waals surface area contributed by atoms with Crippen molar-refractivity contribution in [2.45, 2.75) is 39.7 Å². The van der Waals surface area contributed by atoms with Gasteiger partial charge in [-0.25, -0.2) is 4.79 Å². The number of aryl methyl sites for hydroxylation is 1. The molecule has 22 heavy (non-hydrogen) atoms. The van der Waals surface area contributed by atoms with E-state index in [1.165, 1.54) is 12.1 Å². The van der Waals surface area contributed by atoms with E-state index in [2.05, 4.69) is 17.2 Å². The summed E-state index contributed by atoms with van der Waals surface area (Å²) in [6.45, 7) is 7.50. The van der Waals surface area contributed by atoms with E-state index >= 15 is 0 Å². The summed E-state index contributed by atoms with van der Waals surface area (Å²) in [6, 6.07) is 4.71. The van der Waals surface area contributed by atoms with Gasteiger partial charge in [-0.2, -0.15) is 0 Å². The molecular weight excluding hydrogens is 284 g/mol. The molecule has 0 saturated heterocycles. The number of carbonyl (C=O) groups excluding carboxylic acids is 1. The molecular formula is C16H20N2O4. The van der Waals surface area contributed by atoms with Gasteiger partial charge >= 0.3 is 6.09 Å². The minimum Gasteiger partial charge on any atom is -0.444 e. The highest BCUT2D eigenvalue weighted by molar-refractivity contribution is 5.67. The molecule has 1 aromatic rings. The Morgan fingerprint density at radius 2 is 2.05 bits per heavy atom. The lowest BCUT2D eigenvalue weighted by atomic mass is 10.1. The lowest BCUT2D eigenvalue weighted by Gasteiger charge is -2.19. The van der Waals surface area contributed by atoms with Crippen molar-refractivity contribution in [3.63, 3.8) is 0 Å². The lowest BCUT2D eigenvalue weighted by molar-refractivity contribution is -0.384. The largest absolute Gasteiger partial charge is 0.444 e. The summed E-state index contributed by atoms with van der Waals surface area (Å²) in [5, 5.41) is 13.4. The Labute approximate surface area is 130 Å². The van der Waals surface area contributed by atoms with Gasteiger partial charge in [0, 0.05) is 30.7 Å². The van der Waals surface area contributed by atoms with Crippen molar-refractivity contribution < 1.29 is 14.5 Å². The van der Waals surface area contributed by atoms with E-state index in [-0.39, 0.29) is 5.69 Å². The van der Waals surface area contributed by atoms with Crippen molar-refractivity contribution in [1.29, 1.82) is 0 Å². The van der Waals surface area contributed by atoms with Gasteiger partial charge in [0.05, 0.1) is 4.92 Å². The van der Waals surface area contributed by atoms with E-state index in [4.69, 9.17) is 4.74 Å². The molecule has 0 bridgehead atoms. The monoisotopic (exact) mass is 304 g/mol. The van der Waals surface area contributed by atoms with E-state index in [9.17, 15) is 14.9 Å². The van der Waals surface area contributed by atoms with E-state index in [1.54, 1.807) is 33.8 Å². The van der Waals surface area contributed by atoms with Crippen molar-refractivity contribution in [2.75, 3.05) is 6.54 Å². The van der Waals surface area contributed by atoms with Crippen molar-refractivity contribution in [2.24, 2.45) is 0 Å². The maximum Gasteiger partial charge on any atom is 0.407 e. The van der Waals surface area contributed by atoms with Crippen LogP contribution in [0.1, 0.15) is 38.3 Å². The van der Waals surface area contributed by atoms with Gasteiger partial charge in [0.1, 0.15) is 5.60 Å². The van der Waals surface area contributed by atoms with Crippen molar-refractivity contribution in [3.05, 3.63) is 39.4 Å². The van der Waals surface area contributed by atoms with Gasteiger partial charge < -0.3 is 10.1 Å². The normalized spacial score (nSPS) is 10.4. The minimum atomic E-state index is -0.531. The molecule has 0 aliphatic rings. The van der Waals surface area contributed by atoms with Gasteiger partial charge in [-0.3, -0.25) is 10.1 Å². The summed E-state index contributed by atoms with van der Waals surface area (Å²) in [7, 11) is 0. The van der Waals surface area contributed by atoms with Crippen LogP contribution < -0.4 is 5.32 Å². The quantitative estimate of drug-likeness (QED) is 0.402. The van der Waals surface area contributed by atoms with Gasteiger partial charge in [0.15, 0.2) is 0 Å². The van der Waals surface area contributed by atoms with Crippen molar-refractivity contribution in [1.82, 2.24) is 5.32 Å². The summed E-state index contributed by atoms with van der Waals surface area (Å²) in [5.74, 6) is 5.73. The third kappa shape index (κ3) is 6.75. The van der Waals surface area contributed by atoms with Crippen LogP contribution in [0, 0.1) is 28.9 Å². The molecule has 0 aliphatic heterocycles. The van der Waals surface area contributed by atoms with Crippen LogP contribution in [0.5, 0.6) is 0 Å². The number of hydrogen-bond donors (Lipinski definition) is 1. The fraction of sp³-hybridized carbons (Fsp3) is 0.438. The van der Waals surface area contributed by atoms with E-state index in [0.717, 1.165) is 5.56 Å². The van der Waals surface area contributed by atoms with Gasteiger partial charge in [0.2, 0.25) is 0 Å². The second-order valence-corrected chi connectivity index (χ2v) is 5.79. The topological polar surface area (TPSA) is 81.5 Å². The first-order valence-electron chi connectivity index (χ1n) is 6.89. The second-order valence-electron chi connectivity index (χ2n) is 5.79. The number of nitrogens with zero attached hydrogens (tertiary/aromatic N) is 1. The fourth-order valence-corrected chi connectivity index (χ4v) is 1.65. The maximum absolute atomic E-state index is 11.4. The summed E-state index contributed by atoms with van der Waals surface area (Å²) in [6.07, 6.45) is -0.0541. The molecule has 1 aromatic carbocycles. The van der Waals surface area contributed by atoms with Gasteiger partial charge in [-0.1, -0.05) is 11.8 Å². The highest BCUT2D eigenvalue weighted by atomic mass is 16.6. The Bertz CT molecular complexity index is 621. The zero-order valence-electron chi connectivity index (χ0n) is 13.2. The number of ether oxygens (including phenoxy) is 1. The molecule has 0 radical (unpaired) electrons. The predicted octanol–water partition coefficient (Wildman–Crippen LogP) is 3.17. The van der Waals surface area contributed by atoms with E-state index in [1.807, 2.05) is 0 Å². The lowest BCUT2D eigenvalue weighted by Crippen LogP contribution is -2.32. The second kappa shape index (κ2) is 7.46. The van der Waals surface area contributed by atoms with Crippen LogP contribution in [0.25, 0.3) is 0 Å². The maximum atomic E-state index is 11.4. The zero-order valence-corrected chi connectivity index (χ0v) is 13.2. The SMILES string of the molecule is Cc1cc(C#CCCNC(=O)OC(C)(C)C)cc([N+](=O)[O-])c1.